The van der Waals surface area contributed by atoms with E-state index in [4.69, 9.17) is 21.7 Å². The van der Waals surface area contributed by atoms with Crippen molar-refractivity contribution in [1.82, 2.24) is 10.9 Å². The van der Waals surface area contributed by atoms with Gasteiger partial charge in [-0.1, -0.05) is 23.8 Å². The van der Waals surface area contributed by atoms with Crippen molar-refractivity contribution in [3.05, 3.63) is 59.2 Å². The Bertz CT molecular complexity index is 819. The van der Waals surface area contributed by atoms with Crippen LogP contribution in [0, 0.1) is 13.8 Å². The molecule has 26 heavy (non-hydrogen) atoms. The van der Waals surface area contributed by atoms with E-state index in [1.165, 1.54) is 5.56 Å². The summed E-state index contributed by atoms with van der Waals surface area (Å²) in [6.45, 7) is 6.06. The maximum Gasteiger partial charge on any atom is 0.189 e. The average molecular weight is 372 g/mol. The van der Waals surface area contributed by atoms with Crippen molar-refractivity contribution in [2.45, 2.75) is 20.8 Å². The first-order valence-corrected chi connectivity index (χ1v) is 8.68. The molecule has 0 aliphatic carbocycles. The van der Waals surface area contributed by atoms with Gasteiger partial charge in [0.1, 0.15) is 0 Å². The van der Waals surface area contributed by atoms with Gasteiger partial charge in [0.2, 0.25) is 0 Å². The van der Waals surface area contributed by atoms with Gasteiger partial charge in [-0.15, -0.1) is 0 Å². The Labute approximate surface area is 160 Å². The Kier molecular flexibility index (Phi) is 6.86. The molecule has 0 saturated heterocycles. The maximum absolute atomic E-state index is 5.38. The summed E-state index contributed by atoms with van der Waals surface area (Å²) in [5.41, 5.74) is 11.3. The van der Waals surface area contributed by atoms with Crippen LogP contribution in [0.2, 0.25) is 0 Å². The maximum atomic E-state index is 5.38. The quantitative estimate of drug-likeness (QED) is 0.523. The predicted molar refractivity (Wildman–Crippen MR) is 112 cm³/mol. The largest absolute Gasteiger partial charge is 0.493 e. The molecule has 0 amide bonds. The predicted octanol–water partition coefficient (Wildman–Crippen LogP) is 4.17. The zero-order valence-electron chi connectivity index (χ0n) is 15.8. The van der Waals surface area contributed by atoms with Gasteiger partial charge < -0.3 is 14.8 Å². The molecular weight excluding hydrogens is 346 g/mol. The standard InChI is InChI=1S/C20H25N3O2S/c1-6-16(15-8-10-18(24-4)19(12-15)25-5)22-23-20(26)21-17-9-7-13(2)11-14(17)3/h6-12,22H,1-5H3,(H2,21,23,26)/b16-6-. The summed E-state index contributed by atoms with van der Waals surface area (Å²) < 4.78 is 10.6. The Hall–Kier alpha value is -2.73. The van der Waals surface area contributed by atoms with Gasteiger partial charge in [-0.3, -0.25) is 10.9 Å². The third-order valence-corrected chi connectivity index (χ3v) is 4.13. The number of thiocarbonyl (C=S) groups is 1. The summed E-state index contributed by atoms with van der Waals surface area (Å²) in [7, 11) is 3.23. The SMILES string of the molecule is C/C=C(\NNC(=S)Nc1ccc(C)cc1C)c1ccc(OC)c(OC)c1. The van der Waals surface area contributed by atoms with Gasteiger partial charge >= 0.3 is 0 Å². The number of hydrogen-bond donors (Lipinski definition) is 3. The summed E-state index contributed by atoms with van der Waals surface area (Å²) in [6.07, 6.45) is 1.95. The Morgan fingerprint density at radius 1 is 0.962 bits per heavy atom. The molecule has 0 fully saturated rings. The Morgan fingerprint density at radius 3 is 2.31 bits per heavy atom. The van der Waals surface area contributed by atoms with E-state index in [1.807, 2.05) is 50.3 Å². The topological polar surface area (TPSA) is 54.5 Å². The lowest BCUT2D eigenvalue weighted by molar-refractivity contribution is 0.355. The molecule has 0 bridgehead atoms. The number of methoxy groups -OCH3 is 2. The lowest BCUT2D eigenvalue weighted by Gasteiger charge is -2.17. The second-order valence-electron chi connectivity index (χ2n) is 5.79. The van der Waals surface area contributed by atoms with Crippen molar-refractivity contribution in [2.24, 2.45) is 0 Å². The number of aryl methyl sites for hydroxylation is 2. The van der Waals surface area contributed by atoms with Gasteiger partial charge in [0, 0.05) is 11.3 Å². The second kappa shape index (κ2) is 9.10. The van der Waals surface area contributed by atoms with E-state index in [2.05, 4.69) is 29.2 Å². The van der Waals surface area contributed by atoms with E-state index in [9.17, 15) is 0 Å². The van der Waals surface area contributed by atoms with Crippen molar-refractivity contribution >= 4 is 28.7 Å². The van der Waals surface area contributed by atoms with Crippen molar-refractivity contribution < 1.29 is 9.47 Å². The number of nitrogens with one attached hydrogen (secondary N) is 3. The molecule has 0 saturated carbocycles. The first-order valence-electron chi connectivity index (χ1n) is 8.27. The molecule has 0 aliphatic rings. The van der Waals surface area contributed by atoms with Crippen LogP contribution in [0.4, 0.5) is 5.69 Å². The molecule has 2 rings (SSSR count). The van der Waals surface area contributed by atoms with Crippen LogP contribution < -0.4 is 25.6 Å². The first-order chi connectivity index (χ1) is 12.5. The molecule has 0 atom stereocenters. The number of allylic oxidation sites excluding steroid dienone is 1. The molecule has 0 aliphatic heterocycles. The van der Waals surface area contributed by atoms with Gasteiger partial charge in [-0.2, -0.15) is 0 Å². The number of anilines is 1. The average Bonchev–Trinajstić information content (AvgIpc) is 2.64. The zero-order valence-corrected chi connectivity index (χ0v) is 16.6. The van der Waals surface area contributed by atoms with Gasteiger partial charge in [0.25, 0.3) is 0 Å². The van der Waals surface area contributed by atoms with Crippen molar-refractivity contribution in [3.8, 4) is 11.5 Å². The van der Waals surface area contributed by atoms with Gasteiger partial charge in [-0.25, -0.2) is 0 Å². The van der Waals surface area contributed by atoms with Gasteiger partial charge in [0.15, 0.2) is 16.6 Å². The molecule has 2 aromatic rings. The molecule has 0 unspecified atom stereocenters. The summed E-state index contributed by atoms with van der Waals surface area (Å²) in [5, 5.41) is 3.68. The number of hydrogen-bond acceptors (Lipinski definition) is 4. The van der Waals surface area contributed by atoms with E-state index < -0.39 is 0 Å². The summed E-state index contributed by atoms with van der Waals surface area (Å²) in [4.78, 5) is 0. The van der Waals surface area contributed by atoms with Crippen LogP contribution in [0.15, 0.2) is 42.5 Å². The minimum absolute atomic E-state index is 0.483. The molecule has 5 nitrogen and oxygen atoms in total. The summed E-state index contributed by atoms with van der Waals surface area (Å²) >= 11 is 5.38. The van der Waals surface area contributed by atoms with Crippen LogP contribution >= 0.6 is 12.2 Å². The molecule has 0 spiro atoms. The van der Waals surface area contributed by atoms with Crippen LogP contribution in [-0.2, 0) is 0 Å². The van der Waals surface area contributed by atoms with E-state index in [0.29, 0.717) is 16.6 Å². The number of hydrazine groups is 1. The van der Waals surface area contributed by atoms with E-state index in [0.717, 1.165) is 22.5 Å². The zero-order chi connectivity index (χ0) is 19.1. The Balaban J connectivity index is 2.03. The fourth-order valence-electron chi connectivity index (χ4n) is 2.55. The second-order valence-corrected chi connectivity index (χ2v) is 6.20. The minimum Gasteiger partial charge on any atom is -0.493 e. The summed E-state index contributed by atoms with van der Waals surface area (Å²) in [5.74, 6) is 1.36. The molecule has 0 heterocycles. The smallest absolute Gasteiger partial charge is 0.189 e. The molecule has 2 aromatic carbocycles. The molecule has 0 radical (unpaired) electrons. The van der Waals surface area contributed by atoms with Gasteiger partial charge in [-0.05, 0) is 62.8 Å². The third-order valence-electron chi connectivity index (χ3n) is 3.92. The first kappa shape index (κ1) is 19.6. The van der Waals surface area contributed by atoms with Crippen LogP contribution in [0.3, 0.4) is 0 Å². The van der Waals surface area contributed by atoms with Crippen LogP contribution in [0.25, 0.3) is 5.70 Å². The van der Waals surface area contributed by atoms with Crippen molar-refractivity contribution in [2.75, 3.05) is 19.5 Å². The van der Waals surface area contributed by atoms with Crippen LogP contribution in [-0.4, -0.2) is 19.3 Å². The summed E-state index contributed by atoms with van der Waals surface area (Å²) in [6, 6.07) is 11.9. The van der Waals surface area contributed by atoms with Crippen LogP contribution in [0.5, 0.6) is 11.5 Å². The number of benzene rings is 2. The highest BCUT2D eigenvalue weighted by atomic mass is 32.1. The fourth-order valence-corrected chi connectivity index (χ4v) is 2.71. The Morgan fingerprint density at radius 2 is 1.69 bits per heavy atom. The van der Waals surface area contributed by atoms with Gasteiger partial charge in [0.05, 0.1) is 19.9 Å². The molecule has 3 N–H and O–H groups in total. The number of ether oxygens (including phenoxy) is 2. The van der Waals surface area contributed by atoms with Crippen molar-refractivity contribution in [1.29, 1.82) is 0 Å². The van der Waals surface area contributed by atoms with Crippen LogP contribution in [0.1, 0.15) is 23.6 Å². The van der Waals surface area contributed by atoms with Crippen molar-refractivity contribution in [3.63, 3.8) is 0 Å². The molecular formula is C20H25N3O2S. The lowest BCUT2D eigenvalue weighted by atomic mass is 10.1. The van der Waals surface area contributed by atoms with E-state index in [-0.39, 0.29) is 0 Å². The minimum atomic E-state index is 0.483. The van der Waals surface area contributed by atoms with E-state index >= 15 is 0 Å². The normalized spacial score (nSPS) is 10.9. The highest BCUT2D eigenvalue weighted by Gasteiger charge is 2.08. The highest BCUT2D eigenvalue weighted by Crippen LogP contribution is 2.29. The molecule has 0 aromatic heterocycles. The van der Waals surface area contributed by atoms with E-state index in [1.54, 1.807) is 14.2 Å². The molecule has 138 valence electrons. The third kappa shape index (κ3) is 4.89. The monoisotopic (exact) mass is 371 g/mol. The number of rotatable bonds is 6. The fraction of sp³-hybridized carbons (Fsp3) is 0.250. The molecule has 6 heteroatoms. The lowest BCUT2D eigenvalue weighted by Crippen LogP contribution is -2.39. The highest BCUT2D eigenvalue weighted by molar-refractivity contribution is 7.80.